The number of nitrogens with two attached hydrogens (primary N) is 1. The lowest BCUT2D eigenvalue weighted by atomic mass is 9.81. The number of imidazole rings is 1. The van der Waals surface area contributed by atoms with Crippen LogP contribution in [0.25, 0.3) is 5.57 Å². The summed E-state index contributed by atoms with van der Waals surface area (Å²) in [5, 5.41) is 31.5. The van der Waals surface area contributed by atoms with E-state index in [0.29, 0.717) is 53.5 Å². The van der Waals surface area contributed by atoms with E-state index in [9.17, 15) is 24.6 Å². The number of methoxy groups -OCH3 is 1. The fourth-order valence-corrected chi connectivity index (χ4v) is 7.97. The van der Waals surface area contributed by atoms with E-state index >= 15 is 0 Å². The number of benzene rings is 1. The van der Waals surface area contributed by atoms with Gasteiger partial charge < -0.3 is 43.9 Å². The molecule has 1 amide bonds. The Morgan fingerprint density at radius 1 is 1.28 bits per heavy atom. The summed E-state index contributed by atoms with van der Waals surface area (Å²) < 4.78 is 25.7. The number of allylic oxidation sites excluding steroid dienone is 3. The highest BCUT2D eigenvalue weighted by Crippen LogP contribution is 2.55. The Morgan fingerprint density at radius 3 is 2.76 bits per heavy atom. The van der Waals surface area contributed by atoms with Crippen molar-refractivity contribution >= 4 is 29.7 Å². The van der Waals surface area contributed by atoms with Gasteiger partial charge in [0.05, 0.1) is 43.7 Å². The molecule has 3 fully saturated rings. The highest BCUT2D eigenvalue weighted by Gasteiger charge is 2.49. The van der Waals surface area contributed by atoms with Crippen LogP contribution in [0.1, 0.15) is 56.2 Å². The van der Waals surface area contributed by atoms with Crippen molar-refractivity contribution in [1.82, 2.24) is 25.5 Å². The molecule has 5 aliphatic rings. The van der Waals surface area contributed by atoms with Gasteiger partial charge >= 0.3 is 5.97 Å². The molecule has 50 heavy (non-hydrogen) atoms. The minimum absolute atomic E-state index is 0.0330. The van der Waals surface area contributed by atoms with E-state index in [1.165, 1.54) is 7.11 Å². The molecule has 1 aromatic heterocycles. The number of fused-ring (bicyclic) bond motifs is 3. The average molecular weight is 694 g/mol. The first-order chi connectivity index (χ1) is 24.1. The van der Waals surface area contributed by atoms with Crippen LogP contribution in [0.15, 0.2) is 29.8 Å². The molecule has 268 valence electrons. The quantitative estimate of drug-likeness (QED) is 0.145. The standard InChI is InChI=1S/C34H43N7O9/c1-4-48-31(45)28-20(14-42)18(9-11-40-12-10-36-33(40)41-16-37-24-29(41)38-32(35)39-30(24)44)23-26(47-3)19-13-22(34(2,46)17-7-5-6-8-17)49-25(19)21(15-43)27(23)50-28/h9-10,12,14,17,22,24,29,32,37-38,43,46H,4-8,11,13,15-16,35H2,1-3H3,(H,39,44). The Morgan fingerprint density at radius 2 is 2.06 bits per heavy atom. The SMILES string of the molecule is CCOC(=O)C1=C(C=O)C(=CCn2ccnc2N2CNC3C(=O)NC(N)NC32)c2c(OC)c3c(c(CO)c2O1)OC(C(C)(O)C1CCCC1)C3. The molecule has 0 radical (unpaired) electrons. The van der Waals surface area contributed by atoms with Crippen molar-refractivity contribution < 1.29 is 43.5 Å². The van der Waals surface area contributed by atoms with Gasteiger partial charge in [-0.05, 0) is 32.6 Å². The minimum atomic E-state index is -1.16. The Balaban J connectivity index is 1.32. The summed E-state index contributed by atoms with van der Waals surface area (Å²) in [6, 6.07) is -0.554. The van der Waals surface area contributed by atoms with Crippen LogP contribution in [0.4, 0.5) is 5.95 Å². The first kappa shape index (κ1) is 34.0. The maximum absolute atomic E-state index is 13.3. The largest absolute Gasteiger partial charge is 0.496 e. The van der Waals surface area contributed by atoms with E-state index in [2.05, 4.69) is 20.9 Å². The van der Waals surface area contributed by atoms with Gasteiger partial charge in [-0.2, -0.15) is 0 Å². The van der Waals surface area contributed by atoms with Crippen molar-refractivity contribution in [3.8, 4) is 17.2 Å². The number of anilines is 1. The summed E-state index contributed by atoms with van der Waals surface area (Å²) in [5.74, 6) is -0.106. The molecule has 16 heteroatoms. The van der Waals surface area contributed by atoms with Crippen LogP contribution in [-0.2, 0) is 38.7 Å². The number of hydrogen-bond donors (Lipinski definition) is 6. The molecule has 1 aromatic carbocycles. The summed E-state index contributed by atoms with van der Waals surface area (Å²) in [6.07, 6.45) is 7.95. The van der Waals surface area contributed by atoms with E-state index in [4.69, 9.17) is 24.7 Å². The second kappa shape index (κ2) is 13.3. The average Bonchev–Trinajstić information content (AvgIpc) is 3.92. The van der Waals surface area contributed by atoms with E-state index in [1.54, 1.807) is 32.3 Å². The van der Waals surface area contributed by atoms with Crippen LogP contribution in [0.3, 0.4) is 0 Å². The predicted molar refractivity (Wildman–Crippen MR) is 177 cm³/mol. The minimum Gasteiger partial charge on any atom is -0.496 e. The molecule has 7 rings (SSSR count). The van der Waals surface area contributed by atoms with Gasteiger partial charge in [-0.25, -0.2) is 9.78 Å². The number of esters is 1. The van der Waals surface area contributed by atoms with E-state index < -0.39 is 42.8 Å². The molecule has 5 atom stereocenters. The summed E-state index contributed by atoms with van der Waals surface area (Å²) in [7, 11) is 1.49. The number of amides is 1. The van der Waals surface area contributed by atoms with Gasteiger partial charge in [0.25, 0.3) is 0 Å². The van der Waals surface area contributed by atoms with E-state index in [1.807, 2.05) is 9.47 Å². The van der Waals surface area contributed by atoms with E-state index in [0.717, 1.165) is 25.7 Å². The third-order valence-corrected chi connectivity index (χ3v) is 10.5. The van der Waals surface area contributed by atoms with Gasteiger partial charge in [-0.15, -0.1) is 0 Å². The van der Waals surface area contributed by atoms with Gasteiger partial charge in [0, 0.05) is 36.5 Å². The zero-order valence-electron chi connectivity index (χ0n) is 28.2. The van der Waals surface area contributed by atoms with Crippen LogP contribution < -0.4 is 40.8 Å². The maximum Gasteiger partial charge on any atom is 0.375 e. The zero-order chi connectivity index (χ0) is 35.3. The molecule has 1 aliphatic carbocycles. The lowest BCUT2D eigenvalue weighted by Gasteiger charge is -2.35. The summed E-state index contributed by atoms with van der Waals surface area (Å²) >= 11 is 0. The maximum atomic E-state index is 13.3. The van der Waals surface area contributed by atoms with Crippen LogP contribution in [0.5, 0.6) is 17.2 Å². The van der Waals surface area contributed by atoms with Crippen molar-refractivity contribution in [3.05, 3.63) is 46.5 Å². The number of rotatable bonds is 10. The number of carbonyl (C=O) groups is 3. The Kier molecular flexibility index (Phi) is 9.07. The smallest absolute Gasteiger partial charge is 0.375 e. The number of nitrogens with one attached hydrogen (secondary N) is 3. The highest BCUT2D eigenvalue weighted by atomic mass is 16.6. The van der Waals surface area contributed by atoms with Crippen LogP contribution in [-0.4, -0.2) is 88.5 Å². The molecule has 7 N–H and O–H groups in total. The topological polar surface area (TPSA) is 212 Å². The fourth-order valence-electron chi connectivity index (χ4n) is 7.97. The molecular formula is C34H43N7O9. The van der Waals surface area contributed by atoms with Crippen molar-refractivity contribution in [1.29, 1.82) is 0 Å². The highest BCUT2D eigenvalue weighted by molar-refractivity contribution is 6.10. The number of aromatic nitrogens is 2. The van der Waals surface area contributed by atoms with Crippen molar-refractivity contribution in [2.75, 3.05) is 25.3 Å². The predicted octanol–water partition coefficient (Wildman–Crippen LogP) is 0.144. The Bertz CT molecular complexity index is 1760. The molecule has 0 spiro atoms. The van der Waals surface area contributed by atoms with Gasteiger partial charge in [-0.3, -0.25) is 26.0 Å². The van der Waals surface area contributed by atoms with Crippen molar-refractivity contribution in [2.45, 2.75) is 89.3 Å². The molecule has 4 aliphatic heterocycles. The third kappa shape index (κ3) is 5.51. The summed E-state index contributed by atoms with van der Waals surface area (Å²) in [4.78, 5) is 45.1. The second-order valence-corrected chi connectivity index (χ2v) is 13.3. The van der Waals surface area contributed by atoms with Crippen LogP contribution >= 0.6 is 0 Å². The molecule has 5 heterocycles. The molecule has 1 saturated carbocycles. The first-order valence-electron chi connectivity index (χ1n) is 17.0. The Labute approximate surface area is 288 Å². The second-order valence-electron chi connectivity index (χ2n) is 13.3. The van der Waals surface area contributed by atoms with Gasteiger partial charge in [-0.1, -0.05) is 18.9 Å². The first-order valence-corrected chi connectivity index (χ1v) is 17.0. The van der Waals surface area contributed by atoms with Crippen molar-refractivity contribution in [3.63, 3.8) is 0 Å². The van der Waals surface area contributed by atoms with Crippen LogP contribution in [0.2, 0.25) is 0 Å². The fraction of sp³-hybridized carbons (Fsp3) is 0.529. The molecular weight excluding hydrogens is 650 g/mol. The number of hydrogen-bond acceptors (Lipinski definition) is 14. The lowest BCUT2D eigenvalue weighted by molar-refractivity contribution is -0.141. The van der Waals surface area contributed by atoms with Crippen molar-refractivity contribution in [2.24, 2.45) is 11.7 Å². The van der Waals surface area contributed by atoms with Gasteiger partial charge in [0.1, 0.15) is 47.5 Å². The number of aliphatic hydroxyl groups is 2. The molecule has 2 saturated heterocycles. The summed E-state index contributed by atoms with van der Waals surface area (Å²) in [5.41, 5.74) is 6.34. The number of aldehydes is 1. The number of aliphatic hydroxyl groups excluding tert-OH is 1. The Hall–Kier alpha value is -4.48. The number of carbonyl (C=O) groups excluding carboxylic acids is 3. The van der Waals surface area contributed by atoms with E-state index in [-0.39, 0.29) is 47.6 Å². The van der Waals surface area contributed by atoms with Gasteiger partial charge in [0.15, 0.2) is 6.29 Å². The zero-order valence-corrected chi connectivity index (χ0v) is 28.2. The molecule has 5 unspecified atom stereocenters. The number of ether oxygens (including phenoxy) is 4. The molecule has 0 bridgehead atoms. The lowest BCUT2D eigenvalue weighted by Crippen LogP contribution is -2.70. The summed E-state index contributed by atoms with van der Waals surface area (Å²) in [6.45, 7) is 3.42. The molecule has 16 nitrogen and oxygen atoms in total. The monoisotopic (exact) mass is 693 g/mol. The number of nitrogens with zero attached hydrogens (tertiary/aromatic N) is 3. The van der Waals surface area contributed by atoms with Gasteiger partial charge in [0.2, 0.25) is 17.6 Å². The van der Waals surface area contributed by atoms with Crippen LogP contribution in [0, 0.1) is 5.92 Å². The third-order valence-electron chi connectivity index (χ3n) is 10.5. The normalized spacial score (nSPS) is 26.5. The molecule has 2 aromatic rings.